The molecule has 0 spiro atoms. The summed E-state index contributed by atoms with van der Waals surface area (Å²) in [5, 5.41) is 6.75. The summed E-state index contributed by atoms with van der Waals surface area (Å²) in [4.78, 5) is 11.3. The van der Waals surface area contributed by atoms with Crippen LogP contribution in [-0.4, -0.2) is 21.7 Å². The first kappa shape index (κ1) is 10.7. The minimum Gasteiger partial charge on any atom is -0.349 e. The lowest BCUT2D eigenvalue weighted by Crippen LogP contribution is -2.39. The molecule has 3 N–H and O–H groups in total. The number of nitrogens with one attached hydrogen (secondary N) is 1. The summed E-state index contributed by atoms with van der Waals surface area (Å²) in [6.45, 7) is 2.36. The number of carbonyl (C=O) groups excluding carboxylic acids is 1. The van der Waals surface area contributed by atoms with Gasteiger partial charge in [-0.1, -0.05) is 6.92 Å². The molecule has 0 radical (unpaired) electrons. The molecule has 0 aliphatic heterocycles. The number of amides is 1. The van der Waals surface area contributed by atoms with Crippen LogP contribution in [0.2, 0.25) is 0 Å². The average Bonchev–Trinajstić information content (AvgIpc) is 2.59. The summed E-state index contributed by atoms with van der Waals surface area (Å²) < 4.78 is 1.72. The van der Waals surface area contributed by atoms with Crippen molar-refractivity contribution < 1.29 is 4.79 Å². The van der Waals surface area contributed by atoms with E-state index in [2.05, 4.69) is 10.4 Å². The quantitative estimate of drug-likeness (QED) is 0.699. The molecule has 5 nitrogen and oxygen atoms in total. The number of hydrogen-bond acceptors (Lipinski definition) is 3. The van der Waals surface area contributed by atoms with E-state index >= 15 is 0 Å². The minimum absolute atomic E-state index is 0.117. The maximum atomic E-state index is 11.3. The van der Waals surface area contributed by atoms with Crippen LogP contribution in [0.1, 0.15) is 19.0 Å². The molecule has 0 saturated heterocycles. The Labute approximate surface area is 83.3 Å². The van der Waals surface area contributed by atoms with E-state index in [4.69, 9.17) is 5.73 Å². The number of rotatable bonds is 4. The van der Waals surface area contributed by atoms with Crippen molar-refractivity contribution >= 4 is 5.91 Å². The van der Waals surface area contributed by atoms with Gasteiger partial charge in [0, 0.05) is 13.2 Å². The molecule has 14 heavy (non-hydrogen) atoms. The van der Waals surface area contributed by atoms with Crippen LogP contribution < -0.4 is 11.1 Å². The van der Waals surface area contributed by atoms with Gasteiger partial charge in [0.15, 0.2) is 0 Å². The van der Waals surface area contributed by atoms with Gasteiger partial charge in [-0.2, -0.15) is 5.10 Å². The maximum absolute atomic E-state index is 11.3. The highest BCUT2D eigenvalue weighted by Crippen LogP contribution is 1.95. The van der Waals surface area contributed by atoms with E-state index in [1.54, 1.807) is 10.9 Å². The largest absolute Gasteiger partial charge is 0.349 e. The Kier molecular flexibility index (Phi) is 3.64. The fraction of sp³-hybridized carbons (Fsp3) is 0.556. The summed E-state index contributed by atoms with van der Waals surface area (Å²) in [7, 11) is 1.83. The average molecular weight is 196 g/mol. The number of aromatic nitrogens is 2. The molecule has 1 rings (SSSR count). The molecule has 0 bridgehead atoms. The molecule has 1 heterocycles. The van der Waals surface area contributed by atoms with Crippen molar-refractivity contribution in [3.8, 4) is 0 Å². The number of aryl methyl sites for hydroxylation is 1. The van der Waals surface area contributed by atoms with Gasteiger partial charge in [0.05, 0.1) is 18.3 Å². The number of carbonyl (C=O) groups is 1. The predicted octanol–water partition coefficient (Wildman–Crippen LogP) is -0.226. The molecule has 1 amide bonds. The molecule has 0 aromatic carbocycles. The third-order valence-electron chi connectivity index (χ3n) is 2.14. The van der Waals surface area contributed by atoms with Gasteiger partial charge in [-0.05, 0) is 12.5 Å². The molecule has 0 aliphatic rings. The smallest absolute Gasteiger partial charge is 0.237 e. The van der Waals surface area contributed by atoms with Crippen LogP contribution in [0.15, 0.2) is 12.3 Å². The molecule has 1 atom stereocenters. The fourth-order valence-electron chi connectivity index (χ4n) is 1.07. The van der Waals surface area contributed by atoms with Crippen LogP contribution in [0.25, 0.3) is 0 Å². The van der Waals surface area contributed by atoms with Crippen molar-refractivity contribution in [2.24, 2.45) is 12.8 Å². The second-order valence-corrected chi connectivity index (χ2v) is 3.18. The zero-order chi connectivity index (χ0) is 10.6. The lowest BCUT2D eigenvalue weighted by molar-refractivity contribution is -0.122. The van der Waals surface area contributed by atoms with Crippen LogP contribution in [0, 0.1) is 0 Å². The van der Waals surface area contributed by atoms with E-state index in [1.165, 1.54) is 0 Å². The Morgan fingerprint density at radius 3 is 3.00 bits per heavy atom. The van der Waals surface area contributed by atoms with E-state index in [-0.39, 0.29) is 5.91 Å². The highest BCUT2D eigenvalue weighted by Gasteiger charge is 2.10. The normalized spacial score (nSPS) is 12.5. The number of nitrogens with zero attached hydrogens (tertiary/aromatic N) is 2. The Balaban J connectivity index is 2.41. The van der Waals surface area contributed by atoms with Crippen LogP contribution in [-0.2, 0) is 18.4 Å². The maximum Gasteiger partial charge on any atom is 0.237 e. The minimum atomic E-state index is -0.414. The van der Waals surface area contributed by atoms with Crippen LogP contribution in [0.5, 0.6) is 0 Å². The van der Waals surface area contributed by atoms with E-state index in [9.17, 15) is 4.79 Å². The second kappa shape index (κ2) is 4.76. The Morgan fingerprint density at radius 1 is 1.79 bits per heavy atom. The molecule has 5 heteroatoms. The summed E-state index contributed by atoms with van der Waals surface area (Å²) in [6.07, 6.45) is 2.35. The van der Waals surface area contributed by atoms with Gasteiger partial charge in [-0.3, -0.25) is 9.48 Å². The molecule has 0 aliphatic carbocycles. The third kappa shape index (κ3) is 2.56. The number of hydrogen-bond donors (Lipinski definition) is 2. The van der Waals surface area contributed by atoms with Gasteiger partial charge < -0.3 is 11.1 Å². The molecule has 0 saturated carbocycles. The van der Waals surface area contributed by atoms with Gasteiger partial charge >= 0.3 is 0 Å². The molecule has 1 aromatic rings. The highest BCUT2D eigenvalue weighted by atomic mass is 16.2. The summed E-state index contributed by atoms with van der Waals surface area (Å²) >= 11 is 0. The third-order valence-corrected chi connectivity index (χ3v) is 2.14. The van der Waals surface area contributed by atoms with E-state index < -0.39 is 6.04 Å². The van der Waals surface area contributed by atoms with Gasteiger partial charge in [0.1, 0.15) is 0 Å². The lowest BCUT2D eigenvalue weighted by Gasteiger charge is -2.09. The first-order chi connectivity index (χ1) is 6.65. The van der Waals surface area contributed by atoms with Gasteiger partial charge in [-0.15, -0.1) is 0 Å². The van der Waals surface area contributed by atoms with Gasteiger partial charge in [0.2, 0.25) is 5.91 Å². The van der Waals surface area contributed by atoms with Crippen LogP contribution in [0.4, 0.5) is 0 Å². The Bertz CT molecular complexity index is 308. The standard InChI is InChI=1S/C9H16N4O/c1-3-8(10)9(14)11-6-7-4-5-12-13(7)2/h4-5,8H,3,6,10H2,1-2H3,(H,11,14). The SMILES string of the molecule is CCC(N)C(=O)NCc1ccnn1C. The zero-order valence-corrected chi connectivity index (χ0v) is 8.53. The summed E-state index contributed by atoms with van der Waals surface area (Å²) in [6, 6.07) is 1.45. The number of nitrogens with two attached hydrogens (primary N) is 1. The lowest BCUT2D eigenvalue weighted by atomic mass is 10.2. The predicted molar refractivity (Wildman–Crippen MR) is 53.3 cm³/mol. The second-order valence-electron chi connectivity index (χ2n) is 3.18. The first-order valence-corrected chi connectivity index (χ1v) is 4.65. The molecule has 78 valence electrons. The van der Waals surface area contributed by atoms with E-state index in [0.29, 0.717) is 13.0 Å². The van der Waals surface area contributed by atoms with Gasteiger partial charge in [-0.25, -0.2) is 0 Å². The van der Waals surface area contributed by atoms with Crippen molar-refractivity contribution in [2.75, 3.05) is 0 Å². The summed E-state index contributed by atoms with van der Waals surface area (Å²) in [5.41, 5.74) is 6.52. The Morgan fingerprint density at radius 2 is 2.50 bits per heavy atom. The van der Waals surface area contributed by atoms with Gasteiger partial charge in [0.25, 0.3) is 0 Å². The van der Waals surface area contributed by atoms with Crippen molar-refractivity contribution in [3.05, 3.63) is 18.0 Å². The van der Waals surface area contributed by atoms with Crippen molar-refractivity contribution in [3.63, 3.8) is 0 Å². The summed E-state index contributed by atoms with van der Waals surface area (Å²) in [5.74, 6) is -0.117. The van der Waals surface area contributed by atoms with Crippen molar-refractivity contribution in [2.45, 2.75) is 25.9 Å². The van der Waals surface area contributed by atoms with Crippen LogP contribution >= 0.6 is 0 Å². The van der Waals surface area contributed by atoms with E-state index in [0.717, 1.165) is 5.69 Å². The monoisotopic (exact) mass is 196 g/mol. The zero-order valence-electron chi connectivity index (χ0n) is 8.53. The van der Waals surface area contributed by atoms with Crippen LogP contribution in [0.3, 0.4) is 0 Å². The molecule has 0 fully saturated rings. The first-order valence-electron chi connectivity index (χ1n) is 4.65. The van der Waals surface area contributed by atoms with Crippen molar-refractivity contribution in [1.29, 1.82) is 0 Å². The fourth-order valence-corrected chi connectivity index (χ4v) is 1.07. The molecule has 1 unspecified atom stereocenters. The Hall–Kier alpha value is -1.36. The van der Waals surface area contributed by atoms with Crippen molar-refractivity contribution in [1.82, 2.24) is 15.1 Å². The topological polar surface area (TPSA) is 72.9 Å². The molecular formula is C9H16N4O. The molecular weight excluding hydrogens is 180 g/mol. The highest BCUT2D eigenvalue weighted by molar-refractivity contribution is 5.81. The molecule has 1 aromatic heterocycles. The van der Waals surface area contributed by atoms with E-state index in [1.807, 2.05) is 20.0 Å².